The maximum absolute atomic E-state index is 13.3. The van der Waals surface area contributed by atoms with Gasteiger partial charge in [-0.25, -0.2) is 9.37 Å². The maximum Gasteiger partial charge on any atom is 0.417 e. The molecule has 2 aromatic rings. The zero-order valence-corrected chi connectivity index (χ0v) is 9.97. The van der Waals surface area contributed by atoms with Crippen LogP contribution < -0.4 is 4.74 Å². The van der Waals surface area contributed by atoms with Crippen LogP contribution in [-0.4, -0.2) is 4.98 Å². The molecule has 0 aliphatic carbocycles. The molecule has 0 aliphatic rings. The predicted molar refractivity (Wildman–Crippen MR) is 60.7 cm³/mol. The van der Waals surface area contributed by atoms with Crippen LogP contribution in [0.25, 0.3) is 0 Å². The van der Waals surface area contributed by atoms with E-state index in [1.165, 1.54) is 18.2 Å². The Balaban J connectivity index is 2.30. The normalized spacial score (nSPS) is 11.4. The molecule has 0 spiro atoms. The quantitative estimate of drug-likeness (QED) is 0.749. The second-order valence-electron chi connectivity index (χ2n) is 3.54. The number of alkyl halides is 3. The Morgan fingerprint density at radius 2 is 1.84 bits per heavy atom. The van der Waals surface area contributed by atoms with Gasteiger partial charge in [-0.2, -0.15) is 13.2 Å². The van der Waals surface area contributed by atoms with E-state index < -0.39 is 17.6 Å². The molecule has 2 rings (SSSR count). The third-order valence-corrected chi connectivity index (χ3v) is 2.45. The molecule has 0 aliphatic heterocycles. The second kappa shape index (κ2) is 5.05. The number of pyridine rings is 1. The summed E-state index contributed by atoms with van der Waals surface area (Å²) >= 11 is 5.63. The smallest absolute Gasteiger partial charge is 0.417 e. The molecular formula is C12H6ClF4NO. The lowest BCUT2D eigenvalue weighted by Crippen LogP contribution is -2.05. The number of aromatic nitrogens is 1. The van der Waals surface area contributed by atoms with Crippen molar-refractivity contribution in [1.29, 1.82) is 0 Å². The van der Waals surface area contributed by atoms with Crippen LogP contribution in [0.1, 0.15) is 5.56 Å². The summed E-state index contributed by atoms with van der Waals surface area (Å²) in [5.74, 6) is -1.13. The first-order valence-corrected chi connectivity index (χ1v) is 5.41. The first-order chi connectivity index (χ1) is 8.88. The molecule has 0 fully saturated rings. The van der Waals surface area contributed by atoms with Crippen LogP contribution in [0.5, 0.6) is 11.6 Å². The van der Waals surface area contributed by atoms with Gasteiger partial charge in [0.15, 0.2) is 11.6 Å². The summed E-state index contributed by atoms with van der Waals surface area (Å²) < 4.78 is 55.5. The summed E-state index contributed by atoms with van der Waals surface area (Å²) in [7, 11) is 0. The van der Waals surface area contributed by atoms with E-state index in [9.17, 15) is 17.6 Å². The summed E-state index contributed by atoms with van der Waals surface area (Å²) in [5.41, 5.74) is -1.00. The fourth-order valence-electron chi connectivity index (χ4n) is 1.29. The van der Waals surface area contributed by atoms with Gasteiger partial charge < -0.3 is 4.74 Å². The summed E-state index contributed by atoms with van der Waals surface area (Å²) in [6.07, 6.45) is -3.98. The number of ether oxygens (including phenoxy) is 1. The Labute approximate surface area is 110 Å². The van der Waals surface area contributed by atoms with Gasteiger partial charge in [0.05, 0.1) is 5.56 Å². The monoisotopic (exact) mass is 291 g/mol. The van der Waals surface area contributed by atoms with Gasteiger partial charge in [0.25, 0.3) is 0 Å². The molecule has 0 bridgehead atoms. The van der Waals surface area contributed by atoms with Crippen LogP contribution in [0.15, 0.2) is 36.5 Å². The number of hydrogen-bond donors (Lipinski definition) is 0. The molecule has 2 nitrogen and oxygen atoms in total. The Hall–Kier alpha value is -1.82. The SMILES string of the molecule is Fc1ccccc1Oc1ncc(C(F)(F)F)cc1Cl. The molecule has 1 heterocycles. The molecule has 1 aromatic carbocycles. The van der Waals surface area contributed by atoms with Crippen molar-refractivity contribution in [2.45, 2.75) is 6.18 Å². The van der Waals surface area contributed by atoms with E-state index in [0.29, 0.717) is 12.3 Å². The lowest BCUT2D eigenvalue weighted by molar-refractivity contribution is -0.137. The third kappa shape index (κ3) is 3.14. The first-order valence-electron chi connectivity index (χ1n) is 5.03. The number of benzene rings is 1. The molecule has 0 atom stereocenters. The maximum atomic E-state index is 13.3. The van der Waals surface area contributed by atoms with E-state index in [1.54, 1.807) is 0 Å². The molecule has 7 heteroatoms. The molecule has 1 aromatic heterocycles. The molecule has 0 saturated carbocycles. The fourth-order valence-corrected chi connectivity index (χ4v) is 1.49. The number of hydrogen-bond acceptors (Lipinski definition) is 2. The predicted octanol–water partition coefficient (Wildman–Crippen LogP) is 4.69. The van der Waals surface area contributed by atoms with Crippen LogP contribution in [0.2, 0.25) is 5.02 Å². The van der Waals surface area contributed by atoms with Gasteiger partial charge in [0.2, 0.25) is 5.88 Å². The van der Waals surface area contributed by atoms with E-state index >= 15 is 0 Å². The van der Waals surface area contributed by atoms with Gasteiger partial charge >= 0.3 is 6.18 Å². The van der Waals surface area contributed by atoms with Crippen LogP contribution in [-0.2, 0) is 6.18 Å². The average molecular weight is 292 g/mol. The topological polar surface area (TPSA) is 22.1 Å². The molecule has 19 heavy (non-hydrogen) atoms. The van der Waals surface area contributed by atoms with E-state index in [1.807, 2.05) is 0 Å². The van der Waals surface area contributed by atoms with E-state index in [4.69, 9.17) is 16.3 Å². The van der Waals surface area contributed by atoms with Crippen molar-refractivity contribution < 1.29 is 22.3 Å². The van der Waals surface area contributed by atoms with Crippen LogP contribution in [0, 0.1) is 5.82 Å². The second-order valence-corrected chi connectivity index (χ2v) is 3.95. The summed E-state index contributed by atoms with van der Waals surface area (Å²) in [6.45, 7) is 0. The molecule has 0 radical (unpaired) electrons. The molecule has 0 unspecified atom stereocenters. The highest BCUT2D eigenvalue weighted by atomic mass is 35.5. The standard InChI is InChI=1S/C12H6ClF4NO/c13-8-5-7(12(15,16)17)6-18-11(8)19-10-4-2-1-3-9(10)14/h1-6H. The lowest BCUT2D eigenvalue weighted by atomic mass is 10.3. The lowest BCUT2D eigenvalue weighted by Gasteiger charge is -2.10. The summed E-state index contributed by atoms with van der Waals surface area (Å²) in [4.78, 5) is 3.44. The Morgan fingerprint density at radius 3 is 2.42 bits per heavy atom. The van der Waals surface area contributed by atoms with E-state index in [-0.39, 0.29) is 16.7 Å². The van der Waals surface area contributed by atoms with Crippen molar-refractivity contribution >= 4 is 11.6 Å². The Kier molecular flexibility index (Phi) is 3.61. The van der Waals surface area contributed by atoms with Crippen LogP contribution in [0.3, 0.4) is 0 Å². The van der Waals surface area contributed by atoms with Crippen molar-refractivity contribution in [1.82, 2.24) is 4.98 Å². The number of nitrogens with zero attached hydrogens (tertiary/aromatic N) is 1. The Bertz CT molecular complexity index is 601. The van der Waals surface area contributed by atoms with Crippen molar-refractivity contribution in [3.8, 4) is 11.6 Å². The highest BCUT2D eigenvalue weighted by molar-refractivity contribution is 6.31. The Morgan fingerprint density at radius 1 is 1.16 bits per heavy atom. The first kappa shape index (κ1) is 13.6. The van der Waals surface area contributed by atoms with E-state index in [0.717, 1.165) is 6.07 Å². The number of para-hydroxylation sites is 1. The minimum atomic E-state index is -4.55. The largest absolute Gasteiger partial charge is 0.434 e. The highest BCUT2D eigenvalue weighted by Crippen LogP contribution is 2.34. The van der Waals surface area contributed by atoms with Crippen molar-refractivity contribution in [3.63, 3.8) is 0 Å². The summed E-state index contributed by atoms with van der Waals surface area (Å²) in [5, 5.41) is -0.349. The number of rotatable bonds is 2. The van der Waals surface area contributed by atoms with Crippen LogP contribution in [0.4, 0.5) is 17.6 Å². The van der Waals surface area contributed by atoms with Gasteiger partial charge in [-0.3, -0.25) is 0 Å². The molecule has 0 saturated heterocycles. The minimum absolute atomic E-state index is 0.170. The molecular weight excluding hydrogens is 286 g/mol. The molecule has 0 N–H and O–H groups in total. The van der Waals surface area contributed by atoms with Gasteiger partial charge in [0, 0.05) is 6.20 Å². The van der Waals surface area contributed by atoms with Gasteiger partial charge in [-0.05, 0) is 18.2 Å². The summed E-state index contributed by atoms with van der Waals surface area (Å²) in [6, 6.07) is 6.09. The molecule has 100 valence electrons. The van der Waals surface area contributed by atoms with Gasteiger partial charge in [-0.1, -0.05) is 23.7 Å². The molecule has 0 amide bonds. The zero-order valence-electron chi connectivity index (χ0n) is 9.21. The highest BCUT2D eigenvalue weighted by Gasteiger charge is 2.31. The van der Waals surface area contributed by atoms with Gasteiger partial charge in [-0.15, -0.1) is 0 Å². The fraction of sp³-hybridized carbons (Fsp3) is 0.0833. The zero-order chi connectivity index (χ0) is 14.0. The van der Waals surface area contributed by atoms with E-state index in [2.05, 4.69) is 4.98 Å². The number of halogens is 5. The van der Waals surface area contributed by atoms with Crippen molar-refractivity contribution in [2.75, 3.05) is 0 Å². The third-order valence-electron chi connectivity index (χ3n) is 2.18. The minimum Gasteiger partial charge on any atom is -0.434 e. The van der Waals surface area contributed by atoms with Gasteiger partial charge in [0.1, 0.15) is 5.02 Å². The van der Waals surface area contributed by atoms with Crippen molar-refractivity contribution in [2.24, 2.45) is 0 Å². The van der Waals surface area contributed by atoms with Crippen molar-refractivity contribution in [3.05, 3.63) is 52.9 Å². The average Bonchev–Trinajstić information content (AvgIpc) is 2.33. The van der Waals surface area contributed by atoms with Crippen LogP contribution >= 0.6 is 11.6 Å².